The van der Waals surface area contributed by atoms with Gasteiger partial charge in [-0.1, -0.05) is 41.4 Å². The standard InChI is InChI=1S/C21H16Cl2N2O3/c22-17-7-4-16(20(23)11-17)13-28-19-8-5-15(6-9-19)21(27)25-24-12-14-2-1-3-18(26)10-14/h1-12,26H,13H2,(H,25,27)/b24-12+. The molecule has 0 spiro atoms. The monoisotopic (exact) mass is 414 g/mol. The smallest absolute Gasteiger partial charge is 0.271 e. The molecule has 0 aliphatic rings. The molecule has 0 unspecified atom stereocenters. The third-order valence-corrected chi connectivity index (χ3v) is 4.36. The van der Waals surface area contributed by atoms with Crippen molar-refractivity contribution in [2.24, 2.45) is 5.10 Å². The Hall–Kier alpha value is -3.02. The van der Waals surface area contributed by atoms with Crippen molar-refractivity contribution in [1.82, 2.24) is 5.43 Å². The summed E-state index contributed by atoms with van der Waals surface area (Å²) in [6.45, 7) is 0.287. The second-order valence-electron chi connectivity index (χ2n) is 5.84. The van der Waals surface area contributed by atoms with Gasteiger partial charge in [-0.3, -0.25) is 4.79 Å². The summed E-state index contributed by atoms with van der Waals surface area (Å²) in [5, 5.41) is 14.4. The normalized spacial score (nSPS) is 10.8. The first-order chi connectivity index (χ1) is 13.5. The molecule has 0 fully saturated rings. The van der Waals surface area contributed by atoms with E-state index in [0.717, 1.165) is 5.56 Å². The highest BCUT2D eigenvalue weighted by atomic mass is 35.5. The molecular weight excluding hydrogens is 399 g/mol. The number of carbonyl (C=O) groups excluding carboxylic acids is 1. The number of phenolic OH excluding ortho intramolecular Hbond substituents is 1. The van der Waals surface area contributed by atoms with E-state index in [-0.39, 0.29) is 18.3 Å². The molecule has 28 heavy (non-hydrogen) atoms. The molecule has 5 nitrogen and oxygen atoms in total. The number of nitrogens with one attached hydrogen (secondary N) is 1. The van der Waals surface area contributed by atoms with Crippen LogP contribution in [-0.2, 0) is 6.61 Å². The number of amides is 1. The first kappa shape index (κ1) is 19.7. The Labute approximate surface area is 172 Å². The van der Waals surface area contributed by atoms with Crippen LogP contribution in [0.3, 0.4) is 0 Å². The Kier molecular flexibility index (Phi) is 6.53. The summed E-state index contributed by atoms with van der Waals surface area (Å²) in [6, 6.07) is 18.4. The number of halogens is 2. The largest absolute Gasteiger partial charge is 0.508 e. The lowest BCUT2D eigenvalue weighted by Crippen LogP contribution is -2.17. The van der Waals surface area contributed by atoms with Gasteiger partial charge in [0, 0.05) is 21.2 Å². The fraction of sp³-hybridized carbons (Fsp3) is 0.0476. The predicted molar refractivity (Wildman–Crippen MR) is 110 cm³/mol. The van der Waals surface area contributed by atoms with E-state index in [1.165, 1.54) is 12.3 Å². The van der Waals surface area contributed by atoms with Crippen molar-refractivity contribution in [3.63, 3.8) is 0 Å². The Bertz CT molecular complexity index is 1000. The summed E-state index contributed by atoms with van der Waals surface area (Å²) in [6.07, 6.45) is 1.45. The molecule has 1 amide bonds. The van der Waals surface area contributed by atoms with E-state index in [0.29, 0.717) is 26.9 Å². The lowest BCUT2D eigenvalue weighted by Gasteiger charge is -2.08. The molecule has 0 saturated carbocycles. The van der Waals surface area contributed by atoms with Crippen LogP contribution < -0.4 is 10.2 Å². The van der Waals surface area contributed by atoms with Crippen LogP contribution >= 0.6 is 23.2 Å². The third kappa shape index (κ3) is 5.49. The van der Waals surface area contributed by atoms with Crippen LogP contribution in [0.5, 0.6) is 11.5 Å². The molecule has 7 heteroatoms. The molecule has 3 rings (SSSR count). The van der Waals surface area contributed by atoms with Crippen molar-refractivity contribution >= 4 is 35.3 Å². The van der Waals surface area contributed by atoms with Crippen molar-refractivity contribution in [3.8, 4) is 11.5 Å². The van der Waals surface area contributed by atoms with Gasteiger partial charge in [0.2, 0.25) is 0 Å². The lowest BCUT2D eigenvalue weighted by atomic mass is 10.2. The minimum Gasteiger partial charge on any atom is -0.508 e. The van der Waals surface area contributed by atoms with Gasteiger partial charge in [-0.15, -0.1) is 0 Å². The van der Waals surface area contributed by atoms with Crippen LogP contribution in [0.1, 0.15) is 21.5 Å². The molecule has 0 heterocycles. The fourth-order valence-corrected chi connectivity index (χ4v) is 2.80. The number of ether oxygens (including phenoxy) is 1. The Morgan fingerprint density at radius 2 is 1.86 bits per heavy atom. The van der Waals surface area contributed by atoms with Crippen LogP contribution in [0.2, 0.25) is 10.0 Å². The topological polar surface area (TPSA) is 70.9 Å². The van der Waals surface area contributed by atoms with E-state index < -0.39 is 0 Å². The molecular formula is C21H16Cl2N2O3. The van der Waals surface area contributed by atoms with Crippen LogP contribution in [0, 0.1) is 0 Å². The van der Waals surface area contributed by atoms with Crippen molar-refractivity contribution in [2.45, 2.75) is 6.61 Å². The second kappa shape index (κ2) is 9.26. The van der Waals surface area contributed by atoms with E-state index in [1.54, 1.807) is 60.7 Å². The average Bonchev–Trinajstić information content (AvgIpc) is 2.68. The van der Waals surface area contributed by atoms with Gasteiger partial charge in [-0.05, 0) is 54.1 Å². The number of nitrogens with zero attached hydrogens (tertiary/aromatic N) is 1. The molecule has 2 N–H and O–H groups in total. The van der Waals surface area contributed by atoms with Crippen LogP contribution in [0.4, 0.5) is 0 Å². The van der Waals surface area contributed by atoms with Crippen LogP contribution in [0.25, 0.3) is 0 Å². The molecule has 0 aromatic heterocycles. The molecule has 0 aliphatic carbocycles. The van der Waals surface area contributed by atoms with Gasteiger partial charge in [0.15, 0.2) is 0 Å². The SMILES string of the molecule is O=C(N/N=C/c1cccc(O)c1)c1ccc(OCc2ccc(Cl)cc2Cl)cc1. The number of aromatic hydroxyl groups is 1. The minimum absolute atomic E-state index is 0.130. The molecule has 0 atom stereocenters. The van der Waals surface area contributed by atoms with Crippen molar-refractivity contribution in [1.29, 1.82) is 0 Å². The number of hydrogen-bond acceptors (Lipinski definition) is 4. The third-order valence-electron chi connectivity index (χ3n) is 3.78. The van der Waals surface area contributed by atoms with Gasteiger partial charge in [-0.2, -0.15) is 5.10 Å². The zero-order valence-corrected chi connectivity index (χ0v) is 16.1. The maximum Gasteiger partial charge on any atom is 0.271 e. The van der Waals surface area contributed by atoms with Gasteiger partial charge < -0.3 is 9.84 Å². The molecule has 0 saturated heterocycles. The van der Waals surface area contributed by atoms with E-state index in [1.807, 2.05) is 0 Å². The molecule has 0 radical (unpaired) electrons. The Morgan fingerprint density at radius 1 is 1.07 bits per heavy atom. The second-order valence-corrected chi connectivity index (χ2v) is 6.69. The molecule has 142 valence electrons. The van der Waals surface area contributed by atoms with E-state index in [4.69, 9.17) is 27.9 Å². The minimum atomic E-state index is -0.358. The summed E-state index contributed by atoms with van der Waals surface area (Å²) in [4.78, 5) is 12.1. The zero-order valence-electron chi connectivity index (χ0n) is 14.6. The van der Waals surface area contributed by atoms with E-state index >= 15 is 0 Å². The molecule has 3 aromatic rings. The number of hydrogen-bond donors (Lipinski definition) is 2. The Balaban J connectivity index is 1.55. The van der Waals surface area contributed by atoms with Gasteiger partial charge in [0.05, 0.1) is 6.21 Å². The van der Waals surface area contributed by atoms with Crippen molar-refractivity contribution < 1.29 is 14.6 Å². The highest BCUT2D eigenvalue weighted by molar-refractivity contribution is 6.35. The van der Waals surface area contributed by atoms with Crippen LogP contribution in [-0.4, -0.2) is 17.2 Å². The van der Waals surface area contributed by atoms with E-state index in [2.05, 4.69) is 10.5 Å². The number of rotatable bonds is 6. The predicted octanol–water partition coefficient (Wildman–Crippen LogP) is 5.04. The summed E-state index contributed by atoms with van der Waals surface area (Å²) in [5.74, 6) is 0.375. The molecule has 3 aromatic carbocycles. The summed E-state index contributed by atoms with van der Waals surface area (Å²) in [7, 11) is 0. The van der Waals surface area contributed by atoms with Gasteiger partial charge in [-0.25, -0.2) is 5.43 Å². The van der Waals surface area contributed by atoms with E-state index in [9.17, 15) is 9.90 Å². The highest BCUT2D eigenvalue weighted by Gasteiger charge is 2.06. The average molecular weight is 415 g/mol. The fourth-order valence-electron chi connectivity index (χ4n) is 2.34. The highest BCUT2D eigenvalue weighted by Crippen LogP contribution is 2.23. The van der Waals surface area contributed by atoms with Crippen molar-refractivity contribution in [3.05, 3.63) is 93.5 Å². The number of carbonyl (C=O) groups is 1. The Morgan fingerprint density at radius 3 is 2.57 bits per heavy atom. The number of hydrazone groups is 1. The maximum absolute atomic E-state index is 12.1. The summed E-state index contributed by atoms with van der Waals surface area (Å²) in [5.41, 5.74) is 4.36. The van der Waals surface area contributed by atoms with Gasteiger partial charge in [0.1, 0.15) is 18.1 Å². The first-order valence-electron chi connectivity index (χ1n) is 8.30. The molecule has 0 aliphatic heterocycles. The quantitative estimate of drug-likeness (QED) is 0.438. The van der Waals surface area contributed by atoms with Crippen LogP contribution in [0.15, 0.2) is 71.8 Å². The van der Waals surface area contributed by atoms with Gasteiger partial charge >= 0.3 is 0 Å². The number of phenols is 1. The maximum atomic E-state index is 12.1. The zero-order chi connectivity index (χ0) is 19.9. The molecule has 0 bridgehead atoms. The summed E-state index contributed by atoms with van der Waals surface area (Å²) < 4.78 is 5.69. The van der Waals surface area contributed by atoms with Gasteiger partial charge in [0.25, 0.3) is 5.91 Å². The lowest BCUT2D eigenvalue weighted by molar-refractivity contribution is 0.0955. The number of benzene rings is 3. The first-order valence-corrected chi connectivity index (χ1v) is 9.06. The van der Waals surface area contributed by atoms with Crippen molar-refractivity contribution in [2.75, 3.05) is 0 Å². The summed E-state index contributed by atoms with van der Waals surface area (Å²) >= 11 is 12.0.